The van der Waals surface area contributed by atoms with E-state index in [4.69, 9.17) is 16.6 Å². The third kappa shape index (κ3) is 3.80. The third-order valence-corrected chi connectivity index (χ3v) is 5.77. The summed E-state index contributed by atoms with van der Waals surface area (Å²) in [6.07, 6.45) is 4.79. The molecule has 1 aromatic heterocycles. The maximum absolute atomic E-state index is 6.07. The van der Waals surface area contributed by atoms with Crippen molar-refractivity contribution in [2.75, 3.05) is 6.54 Å². The van der Waals surface area contributed by atoms with Crippen LogP contribution < -0.4 is 5.32 Å². The van der Waals surface area contributed by atoms with Crippen molar-refractivity contribution in [2.24, 2.45) is 0 Å². The van der Waals surface area contributed by atoms with E-state index in [1.165, 1.54) is 40.6 Å². The molecule has 0 radical (unpaired) electrons. The molecule has 3 aromatic rings. The SMILES string of the molecule is CC(=CC1CCCN1)c1nc2cc(C)c(C)cc2n1Cc1ccc(Cl)cc1. The maximum Gasteiger partial charge on any atom is 0.136 e. The van der Waals surface area contributed by atoms with Gasteiger partial charge >= 0.3 is 0 Å². The summed E-state index contributed by atoms with van der Waals surface area (Å²) in [6, 6.07) is 13.0. The molecule has 1 fully saturated rings. The maximum atomic E-state index is 6.07. The molecular formula is C23H26ClN3. The van der Waals surface area contributed by atoms with Crippen molar-refractivity contribution < 1.29 is 0 Å². The van der Waals surface area contributed by atoms with Gasteiger partial charge in [0.15, 0.2) is 0 Å². The van der Waals surface area contributed by atoms with Crippen molar-refractivity contribution in [1.82, 2.24) is 14.9 Å². The van der Waals surface area contributed by atoms with Crippen LogP contribution in [0.3, 0.4) is 0 Å². The van der Waals surface area contributed by atoms with E-state index in [9.17, 15) is 0 Å². The monoisotopic (exact) mass is 379 g/mol. The zero-order valence-electron chi connectivity index (χ0n) is 16.2. The van der Waals surface area contributed by atoms with Gasteiger partial charge < -0.3 is 9.88 Å². The lowest BCUT2D eigenvalue weighted by Crippen LogP contribution is -2.19. The molecule has 0 spiro atoms. The Morgan fingerprint density at radius 3 is 2.67 bits per heavy atom. The van der Waals surface area contributed by atoms with Crippen LogP contribution in [0.15, 0.2) is 42.5 Å². The van der Waals surface area contributed by atoms with Gasteiger partial charge in [0.05, 0.1) is 11.0 Å². The fourth-order valence-electron chi connectivity index (χ4n) is 3.84. The Bertz CT molecular complexity index is 993. The minimum Gasteiger partial charge on any atom is -0.320 e. The number of halogens is 1. The average molecular weight is 380 g/mol. The van der Waals surface area contributed by atoms with E-state index in [-0.39, 0.29) is 0 Å². The Kier molecular flexibility index (Phi) is 5.07. The Morgan fingerprint density at radius 2 is 1.96 bits per heavy atom. The number of aryl methyl sites for hydroxylation is 2. The lowest BCUT2D eigenvalue weighted by molar-refractivity contribution is 0.725. The van der Waals surface area contributed by atoms with Crippen molar-refractivity contribution in [3.8, 4) is 0 Å². The van der Waals surface area contributed by atoms with E-state index in [1.54, 1.807) is 0 Å². The minimum absolute atomic E-state index is 0.456. The molecule has 1 saturated heterocycles. The van der Waals surface area contributed by atoms with Gasteiger partial charge in [0.25, 0.3) is 0 Å². The summed E-state index contributed by atoms with van der Waals surface area (Å²) in [4.78, 5) is 5.01. The smallest absolute Gasteiger partial charge is 0.136 e. The molecule has 0 amide bonds. The first-order chi connectivity index (χ1) is 13.0. The molecule has 1 aliphatic heterocycles. The quantitative estimate of drug-likeness (QED) is 0.647. The van der Waals surface area contributed by atoms with Crippen molar-refractivity contribution in [3.63, 3.8) is 0 Å². The standard InChI is InChI=1S/C23H26ClN3/c1-15-12-21-22(13-16(15)2)27(14-18-6-8-19(24)9-7-18)23(26-21)17(3)11-20-5-4-10-25-20/h6-9,11-13,20,25H,4-5,10,14H2,1-3H3. The fourth-order valence-corrected chi connectivity index (χ4v) is 3.97. The number of nitrogens with zero attached hydrogens (tertiary/aromatic N) is 2. The van der Waals surface area contributed by atoms with Crippen LogP contribution in [0.2, 0.25) is 5.02 Å². The molecule has 1 unspecified atom stereocenters. The van der Waals surface area contributed by atoms with Gasteiger partial charge in [0.2, 0.25) is 0 Å². The van der Waals surface area contributed by atoms with E-state index >= 15 is 0 Å². The molecule has 3 nitrogen and oxygen atoms in total. The molecule has 1 aliphatic rings. The highest BCUT2D eigenvalue weighted by Crippen LogP contribution is 2.26. The largest absolute Gasteiger partial charge is 0.320 e. The molecule has 2 heterocycles. The number of hydrogen-bond donors (Lipinski definition) is 1. The molecule has 2 aromatic carbocycles. The molecule has 4 heteroatoms. The fraction of sp³-hybridized carbons (Fsp3) is 0.348. The highest BCUT2D eigenvalue weighted by atomic mass is 35.5. The topological polar surface area (TPSA) is 29.9 Å². The van der Waals surface area contributed by atoms with Crippen LogP contribution in [0, 0.1) is 13.8 Å². The lowest BCUT2D eigenvalue weighted by atomic mass is 10.1. The zero-order valence-corrected chi connectivity index (χ0v) is 17.0. The van der Waals surface area contributed by atoms with Crippen LogP contribution >= 0.6 is 11.6 Å². The van der Waals surface area contributed by atoms with Crippen LogP contribution in [0.5, 0.6) is 0 Å². The Labute approximate surface area is 166 Å². The van der Waals surface area contributed by atoms with Gasteiger partial charge in [-0.05, 0) is 86.7 Å². The van der Waals surface area contributed by atoms with Crippen molar-refractivity contribution in [1.29, 1.82) is 0 Å². The van der Waals surface area contributed by atoms with Crippen molar-refractivity contribution >= 4 is 28.2 Å². The van der Waals surface area contributed by atoms with Crippen molar-refractivity contribution in [3.05, 3.63) is 70.0 Å². The second-order valence-electron chi connectivity index (χ2n) is 7.63. The summed E-state index contributed by atoms with van der Waals surface area (Å²) >= 11 is 6.07. The first-order valence-electron chi connectivity index (χ1n) is 9.65. The summed E-state index contributed by atoms with van der Waals surface area (Å²) in [6.45, 7) is 8.39. The second kappa shape index (κ2) is 7.49. The van der Waals surface area contributed by atoms with Gasteiger partial charge in [-0.25, -0.2) is 4.98 Å². The van der Waals surface area contributed by atoms with E-state index < -0.39 is 0 Å². The van der Waals surface area contributed by atoms with Gasteiger partial charge in [-0.2, -0.15) is 0 Å². The number of hydrogen-bond acceptors (Lipinski definition) is 2. The lowest BCUT2D eigenvalue weighted by Gasteiger charge is -2.12. The summed E-state index contributed by atoms with van der Waals surface area (Å²) < 4.78 is 2.34. The van der Waals surface area contributed by atoms with Crippen molar-refractivity contribution in [2.45, 2.75) is 46.2 Å². The molecule has 4 rings (SSSR count). The molecule has 0 saturated carbocycles. The number of rotatable bonds is 4. The molecule has 1 atom stereocenters. The summed E-state index contributed by atoms with van der Waals surface area (Å²) in [5.74, 6) is 1.05. The minimum atomic E-state index is 0.456. The Hall–Kier alpha value is -2.10. The van der Waals surface area contributed by atoms with Gasteiger partial charge in [-0.3, -0.25) is 0 Å². The summed E-state index contributed by atoms with van der Waals surface area (Å²) in [7, 11) is 0. The average Bonchev–Trinajstić information content (AvgIpc) is 3.26. The van der Waals surface area contributed by atoms with E-state index in [1.807, 2.05) is 12.1 Å². The molecule has 27 heavy (non-hydrogen) atoms. The highest BCUT2D eigenvalue weighted by Gasteiger charge is 2.17. The normalized spacial score (nSPS) is 17.8. The summed E-state index contributed by atoms with van der Waals surface area (Å²) in [5, 5.41) is 4.32. The second-order valence-corrected chi connectivity index (χ2v) is 8.06. The van der Waals surface area contributed by atoms with Crippen LogP contribution in [0.4, 0.5) is 0 Å². The third-order valence-electron chi connectivity index (χ3n) is 5.52. The zero-order chi connectivity index (χ0) is 19.0. The first-order valence-corrected chi connectivity index (χ1v) is 10.0. The van der Waals surface area contributed by atoms with Crippen LogP contribution in [0.25, 0.3) is 16.6 Å². The van der Waals surface area contributed by atoms with Crippen LogP contribution in [0.1, 0.15) is 42.3 Å². The van der Waals surface area contributed by atoms with Gasteiger partial charge in [-0.15, -0.1) is 0 Å². The number of nitrogens with one attached hydrogen (secondary N) is 1. The van der Waals surface area contributed by atoms with Gasteiger partial charge in [-0.1, -0.05) is 29.8 Å². The highest BCUT2D eigenvalue weighted by molar-refractivity contribution is 6.30. The predicted molar refractivity (Wildman–Crippen MR) is 114 cm³/mol. The van der Waals surface area contributed by atoms with E-state index in [0.717, 1.165) is 29.5 Å². The molecular weight excluding hydrogens is 354 g/mol. The van der Waals surface area contributed by atoms with Gasteiger partial charge in [0.1, 0.15) is 5.82 Å². The van der Waals surface area contributed by atoms with E-state index in [0.29, 0.717) is 6.04 Å². The number of imidazole rings is 1. The number of benzene rings is 2. The first kappa shape index (κ1) is 18.3. The van der Waals surface area contributed by atoms with Crippen LogP contribution in [-0.4, -0.2) is 22.1 Å². The Morgan fingerprint density at radius 1 is 1.22 bits per heavy atom. The van der Waals surface area contributed by atoms with E-state index in [2.05, 4.69) is 61.0 Å². The predicted octanol–water partition coefficient (Wildman–Crippen LogP) is 5.51. The molecule has 140 valence electrons. The number of allylic oxidation sites excluding steroid dienone is 1. The Balaban J connectivity index is 1.82. The summed E-state index contributed by atoms with van der Waals surface area (Å²) in [5.41, 5.74) is 7.29. The molecule has 0 aliphatic carbocycles. The van der Waals surface area contributed by atoms with Crippen LogP contribution in [-0.2, 0) is 6.54 Å². The van der Waals surface area contributed by atoms with Gasteiger partial charge in [0, 0.05) is 17.6 Å². The molecule has 0 bridgehead atoms. The number of aromatic nitrogens is 2. The molecule has 1 N–H and O–H groups in total. The number of fused-ring (bicyclic) bond motifs is 1.